The molecular formula is C14H15N3O5S. The first-order valence-corrected chi connectivity index (χ1v) is 7.99. The van der Waals surface area contributed by atoms with Crippen LogP contribution in [0.5, 0.6) is 0 Å². The highest BCUT2D eigenvalue weighted by Crippen LogP contribution is 2.13. The van der Waals surface area contributed by atoms with Gasteiger partial charge in [0.15, 0.2) is 6.10 Å². The first kappa shape index (κ1) is 15.6. The number of thiophene rings is 1. The number of hydrogen-bond acceptors (Lipinski definition) is 6. The number of amides is 1. The maximum absolute atomic E-state index is 12.2. The zero-order valence-corrected chi connectivity index (χ0v) is 13.0. The lowest BCUT2D eigenvalue weighted by Gasteiger charge is -2.31. The molecule has 0 radical (unpaired) electrons. The van der Waals surface area contributed by atoms with E-state index < -0.39 is 12.1 Å². The Kier molecular flexibility index (Phi) is 4.39. The fraction of sp³-hybridized carbons (Fsp3) is 0.429. The van der Waals surface area contributed by atoms with Crippen LogP contribution in [0.25, 0.3) is 10.2 Å². The molecule has 0 saturated carbocycles. The van der Waals surface area contributed by atoms with E-state index in [1.165, 1.54) is 27.1 Å². The Labute approximate surface area is 134 Å². The lowest BCUT2D eigenvalue weighted by molar-refractivity contribution is -0.159. The van der Waals surface area contributed by atoms with E-state index in [9.17, 15) is 14.4 Å². The molecule has 2 aromatic heterocycles. The van der Waals surface area contributed by atoms with Gasteiger partial charge in [-0.15, -0.1) is 11.3 Å². The van der Waals surface area contributed by atoms with Crippen molar-refractivity contribution in [1.82, 2.24) is 14.5 Å². The molecule has 0 spiro atoms. The molecule has 3 rings (SSSR count). The van der Waals surface area contributed by atoms with Gasteiger partial charge >= 0.3 is 5.97 Å². The van der Waals surface area contributed by atoms with Crippen LogP contribution in [0.4, 0.5) is 0 Å². The zero-order valence-electron chi connectivity index (χ0n) is 12.2. The third-order valence-corrected chi connectivity index (χ3v) is 4.53. The number of ether oxygens (including phenoxy) is 1. The second kappa shape index (κ2) is 6.47. The highest BCUT2D eigenvalue weighted by molar-refractivity contribution is 7.16. The van der Waals surface area contributed by atoms with Gasteiger partial charge < -0.3 is 14.7 Å². The summed E-state index contributed by atoms with van der Waals surface area (Å²) in [6, 6.07) is 1.72. The maximum Gasteiger partial charge on any atom is 0.334 e. The van der Waals surface area contributed by atoms with Crippen molar-refractivity contribution in [3.63, 3.8) is 0 Å². The normalized spacial score (nSPS) is 18.3. The minimum atomic E-state index is -1.08. The van der Waals surface area contributed by atoms with Gasteiger partial charge in [-0.2, -0.15) is 0 Å². The lowest BCUT2D eigenvalue weighted by Crippen LogP contribution is -2.48. The summed E-state index contributed by atoms with van der Waals surface area (Å²) in [5.74, 6) is -1.28. The van der Waals surface area contributed by atoms with Crippen LogP contribution in [0.2, 0.25) is 0 Å². The van der Waals surface area contributed by atoms with Crippen LogP contribution in [0, 0.1) is 0 Å². The predicted molar refractivity (Wildman–Crippen MR) is 82.5 cm³/mol. The van der Waals surface area contributed by atoms with Crippen LogP contribution < -0.4 is 5.56 Å². The standard InChI is InChI=1S/C14H15N3O5S/c18-11(16-4-5-22-10(7-16)14(20)21)1-3-17-8-15-12-9(13(17)19)2-6-23-12/h2,6,8,10H,1,3-5,7H2,(H,20,21)/t10-/m0/s1. The highest BCUT2D eigenvalue weighted by atomic mass is 32.1. The van der Waals surface area contributed by atoms with Crippen molar-refractivity contribution in [1.29, 1.82) is 0 Å². The Hall–Kier alpha value is -2.26. The maximum atomic E-state index is 12.2. The molecule has 2 aromatic rings. The number of aromatic nitrogens is 2. The van der Waals surface area contributed by atoms with E-state index >= 15 is 0 Å². The summed E-state index contributed by atoms with van der Waals surface area (Å²) in [5, 5.41) is 11.3. The topological polar surface area (TPSA) is 102 Å². The number of carboxylic acid groups (broad SMARTS) is 1. The third-order valence-electron chi connectivity index (χ3n) is 3.71. The Balaban J connectivity index is 1.65. The summed E-state index contributed by atoms with van der Waals surface area (Å²) in [7, 11) is 0. The molecule has 1 atom stereocenters. The quantitative estimate of drug-likeness (QED) is 0.853. The van der Waals surface area contributed by atoms with E-state index in [1.807, 2.05) is 0 Å². The molecule has 9 heteroatoms. The highest BCUT2D eigenvalue weighted by Gasteiger charge is 2.28. The van der Waals surface area contributed by atoms with Crippen LogP contribution in [0.1, 0.15) is 6.42 Å². The minimum Gasteiger partial charge on any atom is -0.479 e. The summed E-state index contributed by atoms with van der Waals surface area (Å²) in [6.07, 6.45) is 0.566. The number of rotatable bonds is 4. The van der Waals surface area contributed by atoms with Crippen molar-refractivity contribution in [3.8, 4) is 0 Å². The molecule has 23 heavy (non-hydrogen) atoms. The fourth-order valence-corrected chi connectivity index (χ4v) is 3.18. The number of fused-ring (bicyclic) bond motifs is 1. The van der Waals surface area contributed by atoms with Crippen molar-refractivity contribution in [2.45, 2.75) is 19.1 Å². The summed E-state index contributed by atoms with van der Waals surface area (Å²) in [5.41, 5.74) is -0.172. The fourth-order valence-electron chi connectivity index (χ4n) is 2.45. The monoisotopic (exact) mass is 337 g/mol. The summed E-state index contributed by atoms with van der Waals surface area (Å²) >= 11 is 1.39. The average molecular weight is 337 g/mol. The van der Waals surface area contributed by atoms with Gasteiger partial charge in [-0.05, 0) is 11.4 Å². The molecule has 1 saturated heterocycles. The molecule has 8 nitrogen and oxygen atoms in total. The third kappa shape index (κ3) is 3.25. The number of aryl methyl sites for hydroxylation is 1. The second-order valence-corrected chi connectivity index (χ2v) is 6.06. The van der Waals surface area contributed by atoms with Gasteiger partial charge in [0.1, 0.15) is 4.83 Å². The molecule has 1 aliphatic rings. The largest absolute Gasteiger partial charge is 0.479 e. The van der Waals surface area contributed by atoms with Crippen LogP contribution in [0.3, 0.4) is 0 Å². The van der Waals surface area contributed by atoms with Crippen LogP contribution >= 0.6 is 11.3 Å². The van der Waals surface area contributed by atoms with Crippen LogP contribution in [0.15, 0.2) is 22.6 Å². The molecule has 0 aliphatic carbocycles. The van der Waals surface area contributed by atoms with Gasteiger partial charge in [0.05, 0.1) is 24.9 Å². The smallest absolute Gasteiger partial charge is 0.334 e. The van der Waals surface area contributed by atoms with Crippen LogP contribution in [-0.2, 0) is 20.9 Å². The van der Waals surface area contributed by atoms with Crippen molar-refractivity contribution in [2.75, 3.05) is 19.7 Å². The predicted octanol–water partition coefficient (Wildman–Crippen LogP) is 0.160. The van der Waals surface area contributed by atoms with E-state index in [1.54, 1.807) is 11.4 Å². The first-order chi connectivity index (χ1) is 11.1. The number of carbonyl (C=O) groups is 2. The molecule has 1 aliphatic heterocycles. The average Bonchev–Trinajstić information content (AvgIpc) is 3.03. The Morgan fingerprint density at radius 1 is 1.48 bits per heavy atom. The van der Waals surface area contributed by atoms with Gasteiger partial charge in [-0.1, -0.05) is 0 Å². The summed E-state index contributed by atoms with van der Waals surface area (Å²) in [4.78, 5) is 41.7. The number of nitrogens with zero attached hydrogens (tertiary/aromatic N) is 3. The molecule has 0 aromatic carbocycles. The first-order valence-electron chi connectivity index (χ1n) is 7.11. The Morgan fingerprint density at radius 2 is 2.30 bits per heavy atom. The molecule has 0 bridgehead atoms. The van der Waals surface area contributed by atoms with E-state index in [2.05, 4.69) is 4.98 Å². The second-order valence-electron chi connectivity index (χ2n) is 5.17. The van der Waals surface area contributed by atoms with Crippen molar-refractivity contribution in [2.24, 2.45) is 0 Å². The molecule has 1 fully saturated rings. The van der Waals surface area contributed by atoms with E-state index in [0.29, 0.717) is 16.8 Å². The van der Waals surface area contributed by atoms with E-state index in [0.717, 1.165) is 0 Å². The minimum absolute atomic E-state index is 0.0326. The molecule has 1 amide bonds. The molecule has 3 heterocycles. The Morgan fingerprint density at radius 3 is 3.09 bits per heavy atom. The van der Waals surface area contributed by atoms with Gasteiger partial charge in [0.25, 0.3) is 5.56 Å². The van der Waals surface area contributed by atoms with Crippen molar-refractivity contribution < 1.29 is 19.4 Å². The zero-order chi connectivity index (χ0) is 16.4. The molecular weight excluding hydrogens is 322 g/mol. The number of carbonyl (C=O) groups excluding carboxylic acids is 1. The van der Waals surface area contributed by atoms with Crippen molar-refractivity contribution >= 4 is 33.4 Å². The lowest BCUT2D eigenvalue weighted by atomic mass is 10.2. The van der Waals surface area contributed by atoms with Gasteiger partial charge in [0, 0.05) is 19.5 Å². The molecule has 0 unspecified atom stereocenters. The van der Waals surface area contributed by atoms with E-state index in [-0.39, 0.29) is 37.6 Å². The number of aliphatic carboxylic acids is 1. The van der Waals surface area contributed by atoms with Crippen molar-refractivity contribution in [3.05, 3.63) is 28.1 Å². The van der Waals surface area contributed by atoms with Gasteiger partial charge in [-0.25, -0.2) is 9.78 Å². The Bertz CT molecular complexity index is 799. The summed E-state index contributed by atoms with van der Waals surface area (Å²) in [6.45, 7) is 0.806. The summed E-state index contributed by atoms with van der Waals surface area (Å²) < 4.78 is 6.49. The van der Waals surface area contributed by atoms with Gasteiger partial charge in [0.2, 0.25) is 5.91 Å². The van der Waals surface area contributed by atoms with Gasteiger partial charge in [-0.3, -0.25) is 14.2 Å². The van der Waals surface area contributed by atoms with Crippen LogP contribution in [-0.4, -0.2) is 57.2 Å². The number of morpholine rings is 1. The molecule has 122 valence electrons. The number of carboxylic acids is 1. The molecule has 1 N–H and O–H groups in total. The SMILES string of the molecule is O=C(O)[C@@H]1CN(C(=O)CCn2cnc3sccc3c2=O)CCO1. The number of hydrogen-bond donors (Lipinski definition) is 1. The van der Waals surface area contributed by atoms with E-state index in [4.69, 9.17) is 9.84 Å².